The van der Waals surface area contributed by atoms with Crippen LogP contribution in [0.1, 0.15) is 140 Å². The van der Waals surface area contributed by atoms with Crippen LogP contribution in [0, 0.1) is 24.3 Å². The third-order valence-electron chi connectivity index (χ3n) is 8.77. The molecule has 5 aliphatic rings. The van der Waals surface area contributed by atoms with Crippen LogP contribution >= 0.6 is 0 Å². The maximum atomic E-state index is 2.89. The molecule has 0 N–H and O–H groups in total. The number of rotatable bonds is 2. The minimum atomic E-state index is 0.861. The Kier molecular flexibility index (Phi) is 15.5. The molecular weight excluding hydrogens is 432 g/mol. The average Bonchev–Trinajstić information content (AvgIpc) is 3.02. The Morgan fingerprint density at radius 2 is 1.06 bits per heavy atom. The van der Waals surface area contributed by atoms with Gasteiger partial charge in [0.25, 0.3) is 0 Å². The van der Waals surface area contributed by atoms with Gasteiger partial charge in [0, 0.05) is 24.3 Å². The van der Waals surface area contributed by atoms with Gasteiger partial charge in [0.2, 0.25) is 0 Å². The molecule has 5 aliphatic carbocycles. The highest BCUT2D eigenvalue weighted by Gasteiger charge is 2.24. The molecule has 0 nitrogen and oxygen atoms in total. The smallest absolute Gasteiger partial charge is 0.0622 e. The summed E-state index contributed by atoms with van der Waals surface area (Å²) >= 11 is 0. The van der Waals surface area contributed by atoms with Gasteiger partial charge in [0.15, 0.2) is 0 Å². The molecule has 4 saturated carbocycles. The summed E-state index contributed by atoms with van der Waals surface area (Å²) in [7, 11) is 0. The first-order valence-electron chi connectivity index (χ1n) is 15.7. The van der Waals surface area contributed by atoms with E-state index in [1.165, 1.54) is 103 Å². The highest BCUT2D eigenvalue weighted by Crippen LogP contribution is 2.38. The maximum absolute atomic E-state index is 2.89. The Morgan fingerprint density at radius 1 is 0.528 bits per heavy atom. The Morgan fingerprint density at radius 3 is 1.42 bits per heavy atom. The van der Waals surface area contributed by atoms with Crippen molar-refractivity contribution in [2.45, 2.75) is 134 Å². The van der Waals surface area contributed by atoms with Gasteiger partial charge in [-0.3, -0.25) is 0 Å². The largest absolute Gasteiger partial charge is 0.103 e. The standard InChI is InChI=1S/C12H22.C12H16.C6H11.C6H5/c2*1-3-7-11(8-4-1)12-9-5-2-6-10-12;2*1-2-4-6-5-3-1/h11-12H,1-10H2;1,3-4,7-8,12H,2,5-6,9-10H2;1H,2-6H2;1-5H/q;;2*+1. The van der Waals surface area contributed by atoms with E-state index in [1.807, 2.05) is 30.4 Å². The van der Waals surface area contributed by atoms with E-state index < -0.39 is 0 Å². The van der Waals surface area contributed by atoms with Crippen LogP contribution in [-0.2, 0) is 0 Å². The quantitative estimate of drug-likeness (QED) is 0.365. The van der Waals surface area contributed by atoms with E-state index in [-0.39, 0.29) is 0 Å². The SMILES string of the molecule is C1CCC(C2CCCCC2)CC1.[C+]1=CC=CC=C1.[CH+]1CCCCC1.c1ccc(C2CCCCC2)cc1. The first kappa shape index (κ1) is 28.8. The summed E-state index contributed by atoms with van der Waals surface area (Å²) in [5, 5.41) is 0. The third-order valence-corrected chi connectivity index (χ3v) is 8.77. The van der Waals surface area contributed by atoms with Crippen LogP contribution in [0.5, 0.6) is 0 Å². The fourth-order valence-corrected chi connectivity index (χ4v) is 6.61. The first-order chi connectivity index (χ1) is 17.9. The normalized spacial score (nSPS) is 22.3. The summed E-state index contributed by atoms with van der Waals surface area (Å²) in [5.74, 6) is 3.14. The summed E-state index contributed by atoms with van der Waals surface area (Å²) in [5.41, 5.74) is 1.55. The summed E-state index contributed by atoms with van der Waals surface area (Å²) in [6.45, 7) is 0. The van der Waals surface area contributed by atoms with Gasteiger partial charge in [-0.25, -0.2) is 0 Å². The zero-order valence-corrected chi connectivity index (χ0v) is 23.2. The van der Waals surface area contributed by atoms with Crippen LogP contribution < -0.4 is 0 Å². The summed E-state index contributed by atoms with van der Waals surface area (Å²) < 4.78 is 0. The summed E-state index contributed by atoms with van der Waals surface area (Å²) in [4.78, 5) is 0. The van der Waals surface area contributed by atoms with Gasteiger partial charge < -0.3 is 0 Å². The van der Waals surface area contributed by atoms with Crippen molar-refractivity contribution >= 4 is 0 Å². The lowest BCUT2D eigenvalue weighted by Crippen LogP contribution is -2.20. The molecule has 0 saturated heterocycles. The molecule has 0 heterocycles. The van der Waals surface area contributed by atoms with Crippen LogP contribution in [0.3, 0.4) is 0 Å². The van der Waals surface area contributed by atoms with Gasteiger partial charge in [-0.15, -0.1) is 0 Å². The van der Waals surface area contributed by atoms with Crippen molar-refractivity contribution in [1.82, 2.24) is 0 Å². The second-order valence-corrected chi connectivity index (χ2v) is 11.5. The zero-order valence-electron chi connectivity index (χ0n) is 23.2. The first-order valence-corrected chi connectivity index (χ1v) is 15.7. The van der Waals surface area contributed by atoms with Gasteiger partial charge in [-0.2, -0.15) is 0 Å². The van der Waals surface area contributed by atoms with Gasteiger partial charge in [0.05, 0.1) is 19.3 Å². The fraction of sp³-hybridized carbons (Fsp3) is 0.639. The molecule has 4 fully saturated rings. The molecule has 0 radical (unpaired) electrons. The molecule has 0 heteroatoms. The zero-order chi connectivity index (χ0) is 24.9. The van der Waals surface area contributed by atoms with Gasteiger partial charge >= 0.3 is 0 Å². The van der Waals surface area contributed by atoms with Crippen LogP contribution in [0.4, 0.5) is 0 Å². The van der Waals surface area contributed by atoms with Crippen molar-refractivity contribution in [2.24, 2.45) is 11.8 Å². The molecule has 0 aromatic heterocycles. The van der Waals surface area contributed by atoms with Crippen molar-refractivity contribution in [1.29, 1.82) is 0 Å². The molecule has 36 heavy (non-hydrogen) atoms. The Bertz CT molecular complexity index is 638. The number of allylic oxidation sites excluding steroid dienone is 6. The molecule has 0 aliphatic heterocycles. The van der Waals surface area contributed by atoms with E-state index in [4.69, 9.17) is 0 Å². The Balaban J connectivity index is 0.000000141. The summed E-state index contributed by atoms with van der Waals surface area (Å²) in [6.07, 6.45) is 44.5. The molecule has 6 rings (SSSR count). The second kappa shape index (κ2) is 19.3. The Labute approximate surface area is 224 Å². The minimum absolute atomic E-state index is 0.861. The lowest BCUT2D eigenvalue weighted by molar-refractivity contribution is 0.196. The van der Waals surface area contributed by atoms with Crippen LogP contribution in [0.2, 0.25) is 0 Å². The molecule has 0 bridgehead atoms. The lowest BCUT2D eigenvalue weighted by Gasteiger charge is -2.32. The van der Waals surface area contributed by atoms with Crippen LogP contribution in [0.15, 0.2) is 60.7 Å². The average molecular weight is 487 g/mol. The van der Waals surface area contributed by atoms with E-state index in [1.54, 1.807) is 31.2 Å². The van der Waals surface area contributed by atoms with Crippen LogP contribution in [-0.4, -0.2) is 0 Å². The van der Waals surface area contributed by atoms with Gasteiger partial charge in [0.1, 0.15) is 12.2 Å². The molecular formula is C36H54+2. The van der Waals surface area contributed by atoms with Crippen molar-refractivity contribution < 1.29 is 0 Å². The Hall–Kier alpha value is -1.78. The maximum Gasteiger partial charge on any atom is 0.103 e. The fourth-order valence-electron chi connectivity index (χ4n) is 6.61. The number of hydrogen-bond donors (Lipinski definition) is 0. The van der Waals surface area contributed by atoms with E-state index in [0.717, 1.165) is 17.8 Å². The predicted octanol–water partition coefficient (Wildman–Crippen LogP) is 11.5. The highest BCUT2D eigenvalue weighted by atomic mass is 14.3. The van der Waals surface area contributed by atoms with Gasteiger partial charge in [-0.1, -0.05) is 114 Å². The molecule has 0 amide bonds. The monoisotopic (exact) mass is 486 g/mol. The predicted molar refractivity (Wildman–Crippen MR) is 159 cm³/mol. The van der Waals surface area contributed by atoms with Crippen LogP contribution in [0.25, 0.3) is 0 Å². The topological polar surface area (TPSA) is 0 Å². The van der Waals surface area contributed by atoms with E-state index >= 15 is 0 Å². The second-order valence-electron chi connectivity index (χ2n) is 11.5. The summed E-state index contributed by atoms with van der Waals surface area (Å²) in [6, 6.07) is 11.0. The van der Waals surface area contributed by atoms with Crippen molar-refractivity contribution in [2.75, 3.05) is 0 Å². The van der Waals surface area contributed by atoms with Crippen molar-refractivity contribution in [3.8, 4) is 0 Å². The molecule has 196 valence electrons. The molecule has 1 aromatic carbocycles. The van der Waals surface area contributed by atoms with Gasteiger partial charge in [-0.05, 0) is 55.4 Å². The van der Waals surface area contributed by atoms with E-state index in [0.29, 0.717) is 0 Å². The number of hydrogen-bond acceptors (Lipinski definition) is 0. The number of benzene rings is 1. The van der Waals surface area contributed by atoms with Crippen molar-refractivity contribution in [3.63, 3.8) is 0 Å². The molecule has 1 aromatic rings. The van der Waals surface area contributed by atoms with E-state index in [2.05, 4.69) is 42.8 Å². The molecule has 0 unspecified atom stereocenters. The van der Waals surface area contributed by atoms with E-state index in [9.17, 15) is 0 Å². The highest BCUT2D eigenvalue weighted by molar-refractivity contribution is 5.20. The van der Waals surface area contributed by atoms with Crippen molar-refractivity contribution in [3.05, 3.63) is 78.8 Å². The molecule has 0 spiro atoms. The lowest BCUT2D eigenvalue weighted by atomic mass is 9.73. The minimum Gasteiger partial charge on any atom is -0.0622 e. The third kappa shape index (κ3) is 12.5. The molecule has 0 atom stereocenters.